The molecule has 0 aromatic heterocycles. The number of nitriles is 1. The Morgan fingerprint density at radius 1 is 1.02 bits per heavy atom. The fourth-order valence-corrected chi connectivity index (χ4v) is 6.73. The molecule has 3 atom stereocenters. The van der Waals surface area contributed by atoms with Gasteiger partial charge in [-0.3, -0.25) is 14.4 Å². The Morgan fingerprint density at radius 2 is 1.73 bits per heavy atom. The second-order valence-corrected chi connectivity index (χ2v) is 13.7. The average molecular weight is 651 g/mol. The molecule has 0 spiro atoms. The number of nitrogens with two attached hydrogens (primary N) is 1. The zero-order valence-electron chi connectivity index (χ0n) is 26.9. The number of benzene rings is 1. The minimum Gasteiger partial charge on any atom is -0.465 e. The molecule has 3 unspecified atom stereocenters. The molecule has 0 saturated carbocycles. The third-order valence-corrected chi connectivity index (χ3v) is 8.76. The highest BCUT2D eigenvalue weighted by Gasteiger charge is 2.49. The summed E-state index contributed by atoms with van der Waals surface area (Å²) in [5, 5.41) is 16.0. The van der Waals surface area contributed by atoms with Crippen LogP contribution < -0.4 is 16.4 Å². The molecule has 4 N–H and O–H groups in total. The van der Waals surface area contributed by atoms with E-state index in [0.29, 0.717) is 56.5 Å². The maximum atomic E-state index is 13.8. The van der Waals surface area contributed by atoms with E-state index in [-0.39, 0.29) is 44.1 Å². The maximum Gasteiger partial charge on any atom is 0.322 e. The van der Waals surface area contributed by atoms with Crippen molar-refractivity contribution in [1.82, 2.24) is 10.6 Å². The highest BCUT2D eigenvalue weighted by atomic mass is 32.2. The molecule has 1 aromatic carbocycles. The first kappa shape index (κ1) is 39.5. The van der Waals surface area contributed by atoms with E-state index in [0.717, 1.165) is 5.56 Å². The largest absolute Gasteiger partial charge is 0.465 e. The second kappa shape index (κ2) is 20.5. The van der Waals surface area contributed by atoms with Crippen molar-refractivity contribution in [2.24, 2.45) is 16.6 Å². The summed E-state index contributed by atoms with van der Waals surface area (Å²) < 4.78 is 15.2. The van der Waals surface area contributed by atoms with Gasteiger partial charge in [-0.1, -0.05) is 68.2 Å². The van der Waals surface area contributed by atoms with Crippen molar-refractivity contribution in [2.45, 2.75) is 71.0 Å². The molecule has 0 bridgehead atoms. The van der Waals surface area contributed by atoms with Crippen molar-refractivity contribution in [1.29, 1.82) is 5.26 Å². The van der Waals surface area contributed by atoms with Crippen molar-refractivity contribution in [3.8, 4) is 6.07 Å². The number of rotatable bonds is 22. The topological polar surface area (TPSA) is 153 Å². The van der Waals surface area contributed by atoms with Gasteiger partial charge >= 0.3 is 5.97 Å². The predicted octanol–water partition coefficient (Wildman–Crippen LogP) is 4.15. The van der Waals surface area contributed by atoms with E-state index in [1.54, 1.807) is 27.9 Å². The third-order valence-electron chi connectivity index (χ3n) is 7.09. The fraction of sp³-hybridized carbons (Fsp3) is 0.656. The number of nitrogens with one attached hydrogen (secondary N) is 2. The van der Waals surface area contributed by atoms with E-state index in [9.17, 15) is 19.6 Å². The number of methoxy groups -OCH3 is 1. The quantitative estimate of drug-likeness (QED) is 0.0948. The lowest BCUT2D eigenvalue weighted by atomic mass is 9.67. The summed E-state index contributed by atoms with van der Waals surface area (Å²) >= 11 is 6.93. The third kappa shape index (κ3) is 14.0. The zero-order valence-corrected chi connectivity index (χ0v) is 28.5. The normalized spacial score (nSPS) is 15.1. The summed E-state index contributed by atoms with van der Waals surface area (Å²) in [6.07, 6.45) is 1.69. The van der Waals surface area contributed by atoms with Crippen LogP contribution in [0, 0.1) is 22.2 Å². The van der Waals surface area contributed by atoms with E-state index in [1.165, 1.54) is 11.8 Å². The molecule has 1 aromatic rings. The number of esters is 1. The minimum absolute atomic E-state index is 0.0525. The van der Waals surface area contributed by atoms with Crippen LogP contribution in [0.4, 0.5) is 0 Å². The molecule has 0 aliphatic rings. The van der Waals surface area contributed by atoms with Crippen molar-refractivity contribution >= 4 is 46.0 Å². The van der Waals surface area contributed by atoms with E-state index in [2.05, 4.69) is 16.7 Å². The first-order valence-corrected chi connectivity index (χ1v) is 16.3. The van der Waals surface area contributed by atoms with Gasteiger partial charge in [0, 0.05) is 32.0 Å². The predicted molar refractivity (Wildman–Crippen MR) is 178 cm³/mol. The zero-order chi connectivity index (χ0) is 33.1. The average Bonchev–Trinajstić information content (AvgIpc) is 3.00. The van der Waals surface area contributed by atoms with Crippen molar-refractivity contribution < 1.29 is 28.6 Å². The van der Waals surface area contributed by atoms with Crippen molar-refractivity contribution in [3.05, 3.63) is 35.9 Å². The van der Waals surface area contributed by atoms with Gasteiger partial charge in [-0.15, -0.1) is 0 Å². The number of carbonyl (C=O) groups excluding carboxylic acids is 3. The molecule has 0 heterocycles. The number of amides is 2. The molecule has 0 saturated heterocycles. The molecule has 0 fully saturated rings. The lowest BCUT2D eigenvalue weighted by Crippen LogP contribution is -2.49. The number of hydrogen-bond donors (Lipinski definition) is 3. The number of hydrogen-bond acceptors (Lipinski definition) is 10. The smallest absolute Gasteiger partial charge is 0.322 e. The summed E-state index contributed by atoms with van der Waals surface area (Å²) in [7, 11) is 1.59. The number of thioether (sulfide) groups is 1. The molecule has 246 valence electrons. The van der Waals surface area contributed by atoms with Crippen LogP contribution in [-0.2, 0) is 28.6 Å². The Kier molecular flexibility index (Phi) is 18.4. The lowest BCUT2D eigenvalue weighted by Gasteiger charge is -2.40. The second-order valence-electron chi connectivity index (χ2n) is 11.6. The van der Waals surface area contributed by atoms with Gasteiger partial charge in [0.25, 0.3) is 0 Å². The number of nitrogens with zero attached hydrogens (tertiary/aromatic N) is 1. The van der Waals surface area contributed by atoms with Crippen LogP contribution in [0.25, 0.3) is 0 Å². The van der Waals surface area contributed by atoms with Gasteiger partial charge in [-0.2, -0.15) is 5.26 Å². The molecule has 0 radical (unpaired) electrons. The molecular weight excluding hydrogens is 601 g/mol. The summed E-state index contributed by atoms with van der Waals surface area (Å²) in [6.45, 7) is 9.73. The number of ether oxygens (including phenoxy) is 3. The van der Waals surface area contributed by atoms with Gasteiger partial charge in [0.2, 0.25) is 11.8 Å². The van der Waals surface area contributed by atoms with E-state index in [1.807, 2.05) is 37.3 Å². The van der Waals surface area contributed by atoms with Gasteiger partial charge < -0.3 is 30.6 Å². The van der Waals surface area contributed by atoms with Crippen molar-refractivity contribution in [3.63, 3.8) is 0 Å². The highest BCUT2D eigenvalue weighted by molar-refractivity contribution is 8.25. The molecule has 2 amide bonds. The van der Waals surface area contributed by atoms with E-state index in [4.69, 9.17) is 32.2 Å². The van der Waals surface area contributed by atoms with Gasteiger partial charge in [-0.05, 0) is 58.1 Å². The van der Waals surface area contributed by atoms with E-state index >= 15 is 0 Å². The number of thiocarbonyl (C=S) groups is 1. The van der Waals surface area contributed by atoms with Crippen LogP contribution in [0.1, 0.15) is 71.8 Å². The Bertz CT molecular complexity index is 1100. The van der Waals surface area contributed by atoms with Crippen LogP contribution in [0.5, 0.6) is 0 Å². The van der Waals surface area contributed by atoms with Gasteiger partial charge in [-0.25, -0.2) is 0 Å². The van der Waals surface area contributed by atoms with Crippen LogP contribution in [0.15, 0.2) is 30.3 Å². The van der Waals surface area contributed by atoms with Crippen molar-refractivity contribution in [2.75, 3.05) is 53.2 Å². The monoisotopic (exact) mass is 650 g/mol. The maximum absolute atomic E-state index is 13.8. The first-order chi connectivity index (χ1) is 20.9. The standard InChI is InChI=1S/C32H50N4O6S2/c1-6-18-42-29(39)32(4,44-27(43)25-11-8-7-9-12-25)23-31(3,28(38)36-16-10-15-33)22-30(2,24-34)14-13-26(37)35-17-19-41-21-20-40-5/h7-9,11-12H,6,10,13-23,33H2,1-5H3,(H,35,37)(H,36,38). The van der Waals surface area contributed by atoms with Gasteiger partial charge in [0.1, 0.15) is 4.75 Å². The molecule has 44 heavy (non-hydrogen) atoms. The molecule has 1 rings (SSSR count). The fourth-order valence-electron chi connectivity index (χ4n) is 4.85. The Balaban J connectivity index is 3.24. The van der Waals surface area contributed by atoms with Crippen LogP contribution in [-0.4, -0.2) is 79.9 Å². The van der Waals surface area contributed by atoms with Crippen LogP contribution in [0.3, 0.4) is 0 Å². The minimum atomic E-state index is -1.24. The Labute approximate surface area is 272 Å². The first-order valence-electron chi connectivity index (χ1n) is 15.1. The molecular formula is C32H50N4O6S2. The van der Waals surface area contributed by atoms with E-state index < -0.39 is 21.5 Å². The SMILES string of the molecule is CCCOC(=O)C(C)(CC(C)(CC(C)(C#N)CCC(=O)NCCOCCOC)C(=O)NCCCN)SC(=S)c1ccccc1. The Morgan fingerprint density at radius 3 is 2.34 bits per heavy atom. The van der Waals surface area contributed by atoms with Gasteiger partial charge in [0.15, 0.2) is 0 Å². The van der Waals surface area contributed by atoms with Crippen LogP contribution in [0.2, 0.25) is 0 Å². The summed E-state index contributed by atoms with van der Waals surface area (Å²) in [4.78, 5) is 40.0. The summed E-state index contributed by atoms with van der Waals surface area (Å²) in [5.41, 5.74) is 4.20. The van der Waals surface area contributed by atoms with Gasteiger partial charge in [0.05, 0.1) is 42.1 Å². The molecule has 0 aliphatic heterocycles. The Hall–Kier alpha value is -2.56. The van der Waals surface area contributed by atoms with Crippen LogP contribution >= 0.6 is 24.0 Å². The summed E-state index contributed by atoms with van der Waals surface area (Å²) in [6, 6.07) is 11.7. The lowest BCUT2D eigenvalue weighted by molar-refractivity contribution is -0.148. The molecule has 0 aliphatic carbocycles. The molecule has 12 heteroatoms. The highest BCUT2D eigenvalue weighted by Crippen LogP contribution is 2.47. The summed E-state index contributed by atoms with van der Waals surface area (Å²) in [5.74, 6) is -0.993. The molecule has 10 nitrogen and oxygen atoms in total. The number of carbonyl (C=O) groups is 3.